The molecule has 1 saturated heterocycles. The van der Waals surface area contributed by atoms with E-state index in [1.54, 1.807) is 12.1 Å². The van der Waals surface area contributed by atoms with Gasteiger partial charge in [-0.2, -0.15) is 0 Å². The molecule has 0 aromatic carbocycles. The van der Waals surface area contributed by atoms with Crippen molar-refractivity contribution >= 4 is 23.3 Å². The van der Waals surface area contributed by atoms with Gasteiger partial charge in [-0.25, -0.2) is 4.98 Å². The molecule has 0 spiro atoms. The first-order valence-corrected chi connectivity index (χ1v) is 6.42. The Morgan fingerprint density at radius 2 is 2.53 bits per heavy atom. The van der Waals surface area contributed by atoms with Crippen LogP contribution in [0.1, 0.15) is 16.8 Å². The molecule has 19 heavy (non-hydrogen) atoms. The molecule has 1 aromatic heterocycles. The second-order valence-corrected chi connectivity index (χ2v) is 4.78. The predicted molar refractivity (Wildman–Crippen MR) is 74.5 cm³/mol. The van der Waals surface area contributed by atoms with E-state index in [-0.39, 0.29) is 6.10 Å². The van der Waals surface area contributed by atoms with Crippen LogP contribution in [0.2, 0.25) is 5.02 Å². The van der Waals surface area contributed by atoms with Gasteiger partial charge in [0.1, 0.15) is 5.82 Å². The van der Waals surface area contributed by atoms with Crippen LogP contribution in [0.5, 0.6) is 0 Å². The number of nitrogens with zero attached hydrogens (tertiary/aromatic N) is 2. The monoisotopic (exact) mass is 281 g/mol. The Morgan fingerprint density at radius 3 is 3.16 bits per heavy atom. The molecule has 0 radical (unpaired) electrons. The number of hydrogen-bond donors (Lipinski definition) is 1. The standard InChI is InChI=1S/C13H16ClN3O2/c1-2-5-19-10-3-4-17(8-10)13-11(14)6-9(7-16-13)12(15)18/h2,6-7,10H,1,3-5,8H2,(H2,15,18). The van der Waals surface area contributed by atoms with Crippen molar-refractivity contribution in [2.45, 2.75) is 12.5 Å². The van der Waals surface area contributed by atoms with Crippen molar-refractivity contribution in [1.82, 2.24) is 4.98 Å². The second kappa shape index (κ2) is 6.04. The van der Waals surface area contributed by atoms with Gasteiger partial charge in [-0.15, -0.1) is 6.58 Å². The first-order chi connectivity index (χ1) is 9.11. The van der Waals surface area contributed by atoms with Gasteiger partial charge in [-0.1, -0.05) is 17.7 Å². The molecule has 1 atom stereocenters. The minimum absolute atomic E-state index is 0.159. The third-order valence-corrected chi connectivity index (χ3v) is 3.28. The van der Waals surface area contributed by atoms with Crippen LogP contribution in [0.25, 0.3) is 0 Å². The van der Waals surface area contributed by atoms with E-state index in [1.165, 1.54) is 6.20 Å². The Balaban J connectivity index is 2.07. The molecule has 2 rings (SSSR count). The maximum atomic E-state index is 11.0. The van der Waals surface area contributed by atoms with Crippen LogP contribution in [0.15, 0.2) is 24.9 Å². The van der Waals surface area contributed by atoms with Crippen LogP contribution in [0.3, 0.4) is 0 Å². The van der Waals surface area contributed by atoms with Gasteiger partial charge in [-0.3, -0.25) is 4.79 Å². The SMILES string of the molecule is C=CCOC1CCN(c2ncc(C(N)=O)cc2Cl)C1. The van der Waals surface area contributed by atoms with E-state index in [0.717, 1.165) is 19.5 Å². The predicted octanol–water partition coefficient (Wildman–Crippen LogP) is 1.62. The quantitative estimate of drug-likeness (QED) is 0.833. The van der Waals surface area contributed by atoms with E-state index in [9.17, 15) is 4.79 Å². The normalized spacial score (nSPS) is 18.6. The molecule has 1 aliphatic rings. The average molecular weight is 282 g/mol. The fourth-order valence-corrected chi connectivity index (χ4v) is 2.34. The van der Waals surface area contributed by atoms with Gasteiger partial charge in [0.2, 0.25) is 5.91 Å². The zero-order chi connectivity index (χ0) is 13.8. The first-order valence-electron chi connectivity index (χ1n) is 6.04. The Kier molecular flexibility index (Phi) is 4.39. The summed E-state index contributed by atoms with van der Waals surface area (Å²) in [6.07, 6.45) is 4.26. The third-order valence-electron chi connectivity index (χ3n) is 3.00. The molecule has 6 heteroatoms. The summed E-state index contributed by atoms with van der Waals surface area (Å²) < 4.78 is 5.60. The number of amides is 1. The lowest BCUT2D eigenvalue weighted by molar-refractivity contribution is 0.0908. The lowest BCUT2D eigenvalue weighted by atomic mass is 10.2. The summed E-state index contributed by atoms with van der Waals surface area (Å²) in [5.41, 5.74) is 5.49. The number of nitrogens with two attached hydrogens (primary N) is 1. The number of primary amides is 1. The van der Waals surface area contributed by atoms with Crippen molar-refractivity contribution in [3.63, 3.8) is 0 Å². The molecular formula is C13H16ClN3O2. The molecule has 5 nitrogen and oxygen atoms in total. The molecule has 0 bridgehead atoms. The molecule has 0 saturated carbocycles. The lowest BCUT2D eigenvalue weighted by Gasteiger charge is -2.18. The van der Waals surface area contributed by atoms with Crippen LogP contribution < -0.4 is 10.6 Å². The molecule has 102 valence electrons. The van der Waals surface area contributed by atoms with Gasteiger partial charge in [-0.05, 0) is 12.5 Å². The largest absolute Gasteiger partial charge is 0.372 e. The number of carbonyl (C=O) groups excluding carboxylic acids is 1. The number of hydrogen-bond acceptors (Lipinski definition) is 4. The summed E-state index contributed by atoms with van der Waals surface area (Å²) in [6, 6.07) is 1.55. The number of carbonyl (C=O) groups is 1. The maximum Gasteiger partial charge on any atom is 0.250 e. The molecule has 2 heterocycles. The van der Waals surface area contributed by atoms with Gasteiger partial charge in [0.25, 0.3) is 0 Å². The third kappa shape index (κ3) is 3.24. The van der Waals surface area contributed by atoms with Crippen LogP contribution in [0, 0.1) is 0 Å². The van der Waals surface area contributed by atoms with Crippen molar-refractivity contribution in [2.75, 3.05) is 24.6 Å². The minimum Gasteiger partial charge on any atom is -0.372 e. The summed E-state index contributed by atoms with van der Waals surface area (Å²) in [5, 5.41) is 0.431. The number of anilines is 1. The van der Waals surface area contributed by atoms with Crippen LogP contribution in [-0.2, 0) is 4.74 Å². The zero-order valence-corrected chi connectivity index (χ0v) is 11.3. The van der Waals surface area contributed by atoms with Crippen molar-refractivity contribution in [2.24, 2.45) is 5.73 Å². The topological polar surface area (TPSA) is 68.4 Å². The number of aromatic nitrogens is 1. The second-order valence-electron chi connectivity index (χ2n) is 4.37. The Bertz CT molecular complexity index is 493. The summed E-state index contributed by atoms with van der Waals surface area (Å²) in [5.74, 6) is 0.130. The Hall–Kier alpha value is -1.59. The van der Waals surface area contributed by atoms with E-state index in [0.29, 0.717) is 23.0 Å². The summed E-state index contributed by atoms with van der Waals surface area (Å²) in [6.45, 7) is 5.72. The fraction of sp³-hybridized carbons (Fsp3) is 0.385. The number of rotatable bonds is 5. The lowest BCUT2D eigenvalue weighted by Crippen LogP contribution is -2.24. The molecule has 1 aromatic rings. The van der Waals surface area contributed by atoms with E-state index >= 15 is 0 Å². The smallest absolute Gasteiger partial charge is 0.250 e. The van der Waals surface area contributed by atoms with Gasteiger partial charge < -0.3 is 15.4 Å². The fourth-order valence-electron chi connectivity index (χ4n) is 2.06. The summed E-state index contributed by atoms with van der Waals surface area (Å²) in [7, 11) is 0. The van der Waals surface area contributed by atoms with Crippen LogP contribution in [-0.4, -0.2) is 36.7 Å². The highest BCUT2D eigenvalue weighted by atomic mass is 35.5. The highest BCUT2D eigenvalue weighted by Crippen LogP contribution is 2.27. The maximum absolute atomic E-state index is 11.0. The van der Waals surface area contributed by atoms with Crippen molar-refractivity contribution < 1.29 is 9.53 Å². The molecule has 1 aliphatic heterocycles. The van der Waals surface area contributed by atoms with E-state index in [2.05, 4.69) is 11.6 Å². The van der Waals surface area contributed by atoms with E-state index in [1.807, 2.05) is 4.90 Å². The summed E-state index contributed by atoms with van der Waals surface area (Å²) in [4.78, 5) is 17.3. The molecule has 2 N–H and O–H groups in total. The minimum atomic E-state index is -0.533. The van der Waals surface area contributed by atoms with Gasteiger partial charge in [0.15, 0.2) is 0 Å². The van der Waals surface area contributed by atoms with Gasteiger partial charge in [0, 0.05) is 19.3 Å². The Morgan fingerprint density at radius 1 is 1.74 bits per heavy atom. The van der Waals surface area contributed by atoms with Gasteiger partial charge in [0.05, 0.1) is 23.3 Å². The van der Waals surface area contributed by atoms with Crippen molar-refractivity contribution in [3.05, 3.63) is 35.5 Å². The molecule has 1 unspecified atom stereocenters. The van der Waals surface area contributed by atoms with Crippen LogP contribution >= 0.6 is 11.6 Å². The molecule has 0 aliphatic carbocycles. The number of pyridine rings is 1. The summed E-state index contributed by atoms with van der Waals surface area (Å²) >= 11 is 6.14. The van der Waals surface area contributed by atoms with E-state index in [4.69, 9.17) is 22.1 Å². The Labute approximate surface area is 117 Å². The van der Waals surface area contributed by atoms with Crippen molar-refractivity contribution in [1.29, 1.82) is 0 Å². The average Bonchev–Trinajstić information content (AvgIpc) is 2.84. The zero-order valence-electron chi connectivity index (χ0n) is 10.5. The first kappa shape index (κ1) is 13.8. The number of ether oxygens (including phenoxy) is 1. The highest BCUT2D eigenvalue weighted by Gasteiger charge is 2.25. The molecule has 1 amide bonds. The van der Waals surface area contributed by atoms with Crippen molar-refractivity contribution in [3.8, 4) is 0 Å². The number of halogens is 1. The molecular weight excluding hydrogens is 266 g/mol. The molecule has 1 fully saturated rings. The van der Waals surface area contributed by atoms with E-state index < -0.39 is 5.91 Å². The highest BCUT2D eigenvalue weighted by molar-refractivity contribution is 6.33. The van der Waals surface area contributed by atoms with Crippen LogP contribution in [0.4, 0.5) is 5.82 Å². The van der Waals surface area contributed by atoms with Gasteiger partial charge >= 0.3 is 0 Å².